The Morgan fingerprint density at radius 1 is 1.19 bits per heavy atom. The molecule has 2 heterocycles. The molecule has 0 spiro atoms. The summed E-state index contributed by atoms with van der Waals surface area (Å²) >= 11 is 0. The van der Waals surface area contributed by atoms with E-state index in [4.69, 9.17) is 4.74 Å². The van der Waals surface area contributed by atoms with Crippen LogP contribution in [0.4, 0.5) is 0 Å². The fourth-order valence-electron chi connectivity index (χ4n) is 3.82. The highest BCUT2D eigenvalue weighted by atomic mass is 127. The lowest BCUT2D eigenvalue weighted by Crippen LogP contribution is -2.49. The van der Waals surface area contributed by atoms with Crippen LogP contribution in [-0.4, -0.2) is 63.3 Å². The van der Waals surface area contributed by atoms with Crippen molar-refractivity contribution in [2.45, 2.75) is 38.6 Å². The minimum absolute atomic E-state index is 0. The van der Waals surface area contributed by atoms with Gasteiger partial charge >= 0.3 is 0 Å². The van der Waals surface area contributed by atoms with E-state index in [-0.39, 0.29) is 24.0 Å². The third-order valence-electron chi connectivity index (χ3n) is 5.52. The molecule has 2 aliphatic rings. The quantitative estimate of drug-likeness (QED) is 0.369. The van der Waals surface area contributed by atoms with Gasteiger partial charge in [0, 0.05) is 45.9 Å². The Kier molecular flexibility index (Phi) is 9.86. The number of hydrogen-bond donors (Lipinski definition) is 2. The van der Waals surface area contributed by atoms with E-state index in [9.17, 15) is 0 Å². The van der Waals surface area contributed by atoms with Crippen molar-refractivity contribution in [2.75, 3.05) is 46.4 Å². The van der Waals surface area contributed by atoms with E-state index in [1.165, 1.54) is 50.0 Å². The molecule has 6 heteroatoms. The van der Waals surface area contributed by atoms with E-state index < -0.39 is 0 Å². The van der Waals surface area contributed by atoms with Crippen LogP contribution in [0.5, 0.6) is 0 Å². The fraction of sp³-hybridized carbons (Fsp3) is 0.667. The number of hydrogen-bond acceptors (Lipinski definition) is 3. The van der Waals surface area contributed by atoms with E-state index in [0.717, 1.165) is 38.1 Å². The molecule has 1 atom stereocenters. The highest BCUT2D eigenvalue weighted by molar-refractivity contribution is 14.0. The smallest absolute Gasteiger partial charge is 0.191 e. The second kappa shape index (κ2) is 11.9. The van der Waals surface area contributed by atoms with Crippen molar-refractivity contribution in [2.24, 2.45) is 10.9 Å². The number of guanidine groups is 1. The van der Waals surface area contributed by atoms with Crippen LogP contribution in [0.3, 0.4) is 0 Å². The number of benzene rings is 1. The Morgan fingerprint density at radius 2 is 1.93 bits per heavy atom. The van der Waals surface area contributed by atoms with Gasteiger partial charge in [-0.3, -0.25) is 4.99 Å². The molecule has 1 unspecified atom stereocenters. The number of nitrogens with zero attached hydrogens (tertiary/aromatic N) is 2. The van der Waals surface area contributed by atoms with E-state index in [0.29, 0.717) is 6.04 Å². The van der Waals surface area contributed by atoms with Gasteiger partial charge in [0.05, 0.1) is 6.61 Å². The number of likely N-dealkylation sites (tertiary alicyclic amines) is 1. The van der Waals surface area contributed by atoms with Gasteiger partial charge in [0.1, 0.15) is 0 Å². The summed E-state index contributed by atoms with van der Waals surface area (Å²) in [7, 11) is 1.86. The molecule has 0 saturated carbocycles. The molecular weight excluding hydrogens is 451 g/mol. The third kappa shape index (κ3) is 7.58. The average molecular weight is 486 g/mol. The molecule has 5 nitrogen and oxygen atoms in total. The summed E-state index contributed by atoms with van der Waals surface area (Å²) in [6, 6.07) is 9.29. The molecule has 1 aromatic carbocycles. The molecule has 2 N–H and O–H groups in total. The molecule has 27 heavy (non-hydrogen) atoms. The summed E-state index contributed by atoms with van der Waals surface area (Å²) in [5.41, 5.74) is 2.67. The number of aryl methyl sites for hydroxylation is 1. The molecule has 0 aliphatic carbocycles. The van der Waals surface area contributed by atoms with Crippen LogP contribution in [0.15, 0.2) is 29.3 Å². The number of rotatable bonds is 6. The van der Waals surface area contributed by atoms with Gasteiger partial charge in [0.25, 0.3) is 0 Å². The zero-order chi connectivity index (χ0) is 18.2. The molecule has 0 radical (unpaired) electrons. The molecule has 2 fully saturated rings. The summed E-state index contributed by atoms with van der Waals surface area (Å²) in [4.78, 5) is 7.00. The van der Waals surface area contributed by atoms with Crippen molar-refractivity contribution in [1.29, 1.82) is 0 Å². The first-order valence-corrected chi connectivity index (χ1v) is 10.1. The summed E-state index contributed by atoms with van der Waals surface area (Å²) in [5, 5.41) is 7.06. The Labute approximate surface area is 181 Å². The highest BCUT2D eigenvalue weighted by Crippen LogP contribution is 2.17. The molecule has 152 valence electrons. The summed E-state index contributed by atoms with van der Waals surface area (Å²) in [6.07, 6.45) is 4.62. The zero-order valence-electron chi connectivity index (χ0n) is 16.7. The predicted molar refractivity (Wildman–Crippen MR) is 123 cm³/mol. The van der Waals surface area contributed by atoms with Gasteiger partial charge in [0.2, 0.25) is 0 Å². The maximum atomic E-state index is 5.50. The normalized spacial score (nSPS) is 21.7. The van der Waals surface area contributed by atoms with Crippen molar-refractivity contribution in [3.63, 3.8) is 0 Å². The first kappa shape index (κ1) is 22.4. The van der Waals surface area contributed by atoms with Gasteiger partial charge in [-0.1, -0.05) is 29.8 Å². The van der Waals surface area contributed by atoms with Crippen molar-refractivity contribution < 1.29 is 4.74 Å². The van der Waals surface area contributed by atoms with Crippen LogP contribution in [0, 0.1) is 12.8 Å². The van der Waals surface area contributed by atoms with Gasteiger partial charge < -0.3 is 20.3 Å². The Bertz CT molecular complexity index is 564. The molecular formula is C21H35IN4O. The Morgan fingerprint density at radius 3 is 2.56 bits per heavy atom. The second-order valence-electron chi connectivity index (χ2n) is 7.68. The molecule has 1 aromatic rings. The molecule has 3 rings (SSSR count). The standard InChI is InChI=1S/C21H34N4O.HI/c1-17-3-5-18(6-4-17)7-11-23-21(22-2)24-20-8-12-25(13-9-20)15-19-10-14-26-16-19;/h3-6,19-20H,7-16H2,1-2H3,(H2,22,23,24);1H. The molecule has 0 amide bonds. The monoisotopic (exact) mass is 486 g/mol. The van der Waals surface area contributed by atoms with E-state index in [2.05, 4.69) is 51.7 Å². The van der Waals surface area contributed by atoms with Crippen molar-refractivity contribution in [1.82, 2.24) is 15.5 Å². The van der Waals surface area contributed by atoms with Gasteiger partial charge in [-0.2, -0.15) is 0 Å². The Balaban J connectivity index is 0.00000261. The fourth-order valence-corrected chi connectivity index (χ4v) is 3.82. The van der Waals surface area contributed by atoms with Crippen LogP contribution >= 0.6 is 24.0 Å². The van der Waals surface area contributed by atoms with Gasteiger partial charge in [0.15, 0.2) is 5.96 Å². The number of piperidine rings is 1. The number of aliphatic imine (C=N–C) groups is 1. The van der Waals surface area contributed by atoms with Gasteiger partial charge in [-0.25, -0.2) is 0 Å². The zero-order valence-corrected chi connectivity index (χ0v) is 19.1. The minimum atomic E-state index is 0. The maximum Gasteiger partial charge on any atom is 0.191 e. The lowest BCUT2D eigenvalue weighted by Gasteiger charge is -2.34. The van der Waals surface area contributed by atoms with Crippen molar-refractivity contribution in [3.8, 4) is 0 Å². The lowest BCUT2D eigenvalue weighted by atomic mass is 10.0. The highest BCUT2D eigenvalue weighted by Gasteiger charge is 2.24. The topological polar surface area (TPSA) is 48.9 Å². The van der Waals surface area contributed by atoms with E-state index >= 15 is 0 Å². The third-order valence-corrected chi connectivity index (χ3v) is 5.52. The van der Waals surface area contributed by atoms with E-state index in [1.54, 1.807) is 0 Å². The molecule has 2 saturated heterocycles. The minimum Gasteiger partial charge on any atom is -0.381 e. The van der Waals surface area contributed by atoms with Gasteiger partial charge in [-0.05, 0) is 44.1 Å². The van der Waals surface area contributed by atoms with Crippen molar-refractivity contribution in [3.05, 3.63) is 35.4 Å². The van der Waals surface area contributed by atoms with Crippen LogP contribution < -0.4 is 10.6 Å². The van der Waals surface area contributed by atoms with Crippen LogP contribution in [-0.2, 0) is 11.2 Å². The molecule has 0 aromatic heterocycles. The Hall–Kier alpha value is -0.860. The number of nitrogens with one attached hydrogen (secondary N) is 2. The maximum absolute atomic E-state index is 5.50. The number of ether oxygens (including phenoxy) is 1. The molecule has 2 aliphatic heterocycles. The second-order valence-corrected chi connectivity index (χ2v) is 7.68. The predicted octanol–water partition coefficient (Wildman–Crippen LogP) is 2.82. The first-order chi connectivity index (χ1) is 12.7. The summed E-state index contributed by atoms with van der Waals surface area (Å²) in [6.45, 7) is 8.49. The van der Waals surface area contributed by atoms with Crippen LogP contribution in [0.1, 0.15) is 30.4 Å². The molecule has 0 bridgehead atoms. The average Bonchev–Trinajstić information content (AvgIpc) is 3.17. The van der Waals surface area contributed by atoms with Crippen LogP contribution in [0.2, 0.25) is 0 Å². The first-order valence-electron chi connectivity index (χ1n) is 10.1. The number of halogens is 1. The van der Waals surface area contributed by atoms with Crippen LogP contribution in [0.25, 0.3) is 0 Å². The lowest BCUT2D eigenvalue weighted by molar-refractivity contribution is 0.150. The van der Waals surface area contributed by atoms with Gasteiger partial charge in [-0.15, -0.1) is 24.0 Å². The van der Waals surface area contributed by atoms with E-state index in [1.807, 2.05) is 7.05 Å². The summed E-state index contributed by atoms with van der Waals surface area (Å²) in [5.74, 6) is 1.68. The van der Waals surface area contributed by atoms with Crippen molar-refractivity contribution >= 4 is 29.9 Å². The summed E-state index contributed by atoms with van der Waals surface area (Å²) < 4.78 is 5.50. The largest absolute Gasteiger partial charge is 0.381 e. The SMILES string of the molecule is CN=C(NCCc1ccc(C)cc1)NC1CCN(CC2CCOC2)CC1.I.